The number of nitrogens with zero attached hydrogens (tertiary/aromatic N) is 1. The van der Waals surface area contributed by atoms with Gasteiger partial charge in [-0.05, 0) is 6.08 Å². The quantitative estimate of drug-likeness (QED) is 0.442. The second kappa shape index (κ2) is 1.96. The second-order valence-corrected chi connectivity index (χ2v) is 1.99. The smallest absolute Gasteiger partial charge is 0.152 e. The fourth-order valence-corrected chi connectivity index (χ4v) is 0.780. The van der Waals surface area contributed by atoms with E-state index in [0.717, 1.165) is 6.54 Å². The van der Waals surface area contributed by atoms with E-state index in [4.69, 9.17) is 5.73 Å². The van der Waals surface area contributed by atoms with Gasteiger partial charge in [0.2, 0.25) is 0 Å². The standard InChI is InChI=1S/C6H8N2O/c1-8-3-2-5(7)6(8)4-9/h2H,3,7H2,1H3. The van der Waals surface area contributed by atoms with Gasteiger partial charge < -0.3 is 10.6 Å². The van der Waals surface area contributed by atoms with Gasteiger partial charge in [0.05, 0.1) is 5.70 Å². The van der Waals surface area contributed by atoms with Crippen LogP contribution in [0.4, 0.5) is 0 Å². The molecule has 0 unspecified atom stereocenters. The molecular weight excluding hydrogens is 116 g/mol. The molecule has 9 heavy (non-hydrogen) atoms. The van der Waals surface area contributed by atoms with Gasteiger partial charge in [-0.2, -0.15) is 0 Å². The van der Waals surface area contributed by atoms with Crippen LogP contribution in [0.25, 0.3) is 0 Å². The number of carbonyl (C=O) groups excluding carboxylic acids is 1. The minimum Gasteiger partial charge on any atom is -0.397 e. The largest absolute Gasteiger partial charge is 0.397 e. The summed E-state index contributed by atoms with van der Waals surface area (Å²) >= 11 is 0. The van der Waals surface area contributed by atoms with Gasteiger partial charge in [0, 0.05) is 13.6 Å². The van der Waals surface area contributed by atoms with Crippen LogP contribution in [0.15, 0.2) is 17.5 Å². The summed E-state index contributed by atoms with van der Waals surface area (Å²) in [6.45, 7) is 0.719. The molecule has 0 aromatic rings. The van der Waals surface area contributed by atoms with Gasteiger partial charge in [0.15, 0.2) is 5.94 Å². The molecule has 1 rings (SSSR count). The molecule has 0 saturated carbocycles. The third-order valence-corrected chi connectivity index (χ3v) is 1.34. The fourth-order valence-electron chi connectivity index (χ4n) is 0.780. The van der Waals surface area contributed by atoms with E-state index in [1.165, 1.54) is 0 Å². The Morgan fingerprint density at radius 3 is 2.78 bits per heavy atom. The zero-order valence-electron chi connectivity index (χ0n) is 5.22. The van der Waals surface area contributed by atoms with Crippen LogP contribution in [-0.2, 0) is 4.79 Å². The molecule has 0 aromatic carbocycles. The van der Waals surface area contributed by atoms with Crippen molar-refractivity contribution in [1.29, 1.82) is 0 Å². The van der Waals surface area contributed by atoms with Crippen molar-refractivity contribution in [3.63, 3.8) is 0 Å². The summed E-state index contributed by atoms with van der Waals surface area (Å²) in [7, 11) is 1.80. The summed E-state index contributed by atoms with van der Waals surface area (Å²) in [5.74, 6) is 1.76. The predicted octanol–water partition coefficient (Wildman–Crippen LogP) is -0.510. The van der Waals surface area contributed by atoms with E-state index in [1.54, 1.807) is 24.0 Å². The summed E-state index contributed by atoms with van der Waals surface area (Å²) in [5, 5.41) is 0. The van der Waals surface area contributed by atoms with Crippen molar-refractivity contribution >= 4 is 5.94 Å². The second-order valence-electron chi connectivity index (χ2n) is 1.99. The summed E-state index contributed by atoms with van der Waals surface area (Å²) in [5.41, 5.74) is 6.40. The lowest BCUT2D eigenvalue weighted by Gasteiger charge is -2.08. The van der Waals surface area contributed by atoms with Crippen LogP contribution in [-0.4, -0.2) is 24.4 Å². The highest BCUT2D eigenvalue weighted by Gasteiger charge is 2.13. The Bertz CT molecular complexity index is 201. The average molecular weight is 124 g/mol. The molecule has 0 fully saturated rings. The minimum absolute atomic E-state index is 0.468. The Hall–Kier alpha value is -1.21. The monoisotopic (exact) mass is 124 g/mol. The average Bonchev–Trinajstić information content (AvgIpc) is 2.12. The van der Waals surface area contributed by atoms with Crippen LogP contribution < -0.4 is 5.73 Å². The molecule has 0 aromatic heterocycles. The first kappa shape index (κ1) is 5.92. The summed E-state index contributed by atoms with van der Waals surface area (Å²) in [6.07, 6.45) is 1.79. The van der Waals surface area contributed by atoms with Crippen LogP contribution in [0, 0.1) is 0 Å². The Morgan fingerprint density at radius 2 is 2.56 bits per heavy atom. The Morgan fingerprint density at radius 1 is 1.89 bits per heavy atom. The first-order chi connectivity index (χ1) is 4.25. The van der Waals surface area contributed by atoms with E-state index < -0.39 is 0 Å². The minimum atomic E-state index is 0.468. The molecule has 1 aliphatic rings. The van der Waals surface area contributed by atoms with Gasteiger partial charge in [-0.1, -0.05) is 0 Å². The van der Waals surface area contributed by atoms with Crippen LogP contribution in [0.5, 0.6) is 0 Å². The van der Waals surface area contributed by atoms with Gasteiger partial charge in [-0.3, -0.25) is 0 Å². The van der Waals surface area contributed by atoms with Gasteiger partial charge in [-0.25, -0.2) is 4.79 Å². The Labute approximate surface area is 53.4 Å². The number of likely N-dealkylation sites (N-methyl/N-ethyl adjacent to an activating group) is 1. The number of nitrogens with two attached hydrogens (primary N) is 1. The Kier molecular flexibility index (Phi) is 1.29. The van der Waals surface area contributed by atoms with E-state index in [-0.39, 0.29) is 0 Å². The highest BCUT2D eigenvalue weighted by atomic mass is 16.1. The predicted molar refractivity (Wildman–Crippen MR) is 34.1 cm³/mol. The van der Waals surface area contributed by atoms with Crippen molar-refractivity contribution in [3.05, 3.63) is 17.5 Å². The third kappa shape index (κ3) is 0.819. The van der Waals surface area contributed by atoms with Crippen molar-refractivity contribution in [3.8, 4) is 0 Å². The molecule has 3 heteroatoms. The maximum absolute atomic E-state index is 10.1. The summed E-state index contributed by atoms with van der Waals surface area (Å²) in [4.78, 5) is 11.9. The van der Waals surface area contributed by atoms with Gasteiger partial charge >= 0.3 is 0 Å². The molecular formula is C6H8N2O. The molecule has 0 spiro atoms. The highest BCUT2D eigenvalue weighted by molar-refractivity contribution is 5.60. The van der Waals surface area contributed by atoms with Crippen molar-refractivity contribution in [2.75, 3.05) is 13.6 Å². The van der Waals surface area contributed by atoms with Crippen LogP contribution in [0.3, 0.4) is 0 Å². The third-order valence-electron chi connectivity index (χ3n) is 1.34. The van der Waals surface area contributed by atoms with Crippen molar-refractivity contribution in [1.82, 2.24) is 4.90 Å². The van der Waals surface area contributed by atoms with Crippen LogP contribution in [0.2, 0.25) is 0 Å². The van der Waals surface area contributed by atoms with Crippen molar-refractivity contribution in [2.24, 2.45) is 5.73 Å². The maximum atomic E-state index is 10.1. The first-order valence-corrected chi connectivity index (χ1v) is 2.68. The SMILES string of the molecule is CN1CC=C(N)C1=C=O. The molecule has 0 amide bonds. The number of hydrogen-bond donors (Lipinski definition) is 1. The number of hydrogen-bond acceptors (Lipinski definition) is 3. The lowest BCUT2D eigenvalue weighted by atomic mass is 10.4. The molecule has 2 N–H and O–H groups in total. The van der Waals surface area contributed by atoms with Crippen LogP contribution in [0.1, 0.15) is 0 Å². The van der Waals surface area contributed by atoms with Gasteiger partial charge in [-0.15, -0.1) is 0 Å². The van der Waals surface area contributed by atoms with Crippen molar-refractivity contribution < 1.29 is 4.79 Å². The lowest BCUT2D eigenvalue weighted by Crippen LogP contribution is -2.14. The van der Waals surface area contributed by atoms with E-state index >= 15 is 0 Å². The molecule has 0 atom stereocenters. The highest BCUT2D eigenvalue weighted by Crippen LogP contribution is 2.11. The van der Waals surface area contributed by atoms with Crippen LogP contribution >= 0.6 is 0 Å². The lowest BCUT2D eigenvalue weighted by molar-refractivity contribution is 0.490. The molecule has 1 heterocycles. The van der Waals surface area contributed by atoms with Crippen molar-refractivity contribution in [2.45, 2.75) is 0 Å². The summed E-state index contributed by atoms with van der Waals surface area (Å²) in [6, 6.07) is 0. The van der Waals surface area contributed by atoms with Gasteiger partial charge in [0.25, 0.3) is 0 Å². The topological polar surface area (TPSA) is 46.3 Å². The molecule has 0 bridgehead atoms. The molecule has 48 valence electrons. The van der Waals surface area contributed by atoms with E-state index in [1.807, 2.05) is 0 Å². The Balaban J connectivity index is 2.93. The zero-order chi connectivity index (χ0) is 6.85. The van der Waals surface area contributed by atoms with E-state index in [0.29, 0.717) is 11.4 Å². The normalized spacial score (nSPS) is 17.7. The fraction of sp³-hybridized carbons (Fsp3) is 0.333. The summed E-state index contributed by atoms with van der Waals surface area (Å²) < 4.78 is 0. The molecule has 0 saturated heterocycles. The molecule has 0 aliphatic carbocycles. The maximum Gasteiger partial charge on any atom is 0.152 e. The first-order valence-electron chi connectivity index (χ1n) is 2.68. The zero-order valence-corrected chi connectivity index (χ0v) is 5.22. The van der Waals surface area contributed by atoms with E-state index in [2.05, 4.69) is 0 Å². The molecule has 1 aliphatic heterocycles. The number of rotatable bonds is 0. The van der Waals surface area contributed by atoms with E-state index in [9.17, 15) is 4.79 Å². The molecule has 0 radical (unpaired) electrons. The van der Waals surface area contributed by atoms with Gasteiger partial charge in [0.1, 0.15) is 5.70 Å². The molecule has 3 nitrogen and oxygen atoms in total.